The van der Waals surface area contributed by atoms with E-state index >= 15 is 0 Å². The molecule has 1 aliphatic carbocycles. The highest BCUT2D eigenvalue weighted by Crippen LogP contribution is 2.36. The summed E-state index contributed by atoms with van der Waals surface area (Å²) in [6.07, 6.45) is 7.47. The van der Waals surface area contributed by atoms with Crippen molar-refractivity contribution in [3.63, 3.8) is 0 Å². The number of fused-ring (bicyclic) bond motifs is 1. The number of likely N-dealkylation sites (tertiary alicyclic amines) is 1. The number of benzene rings is 1. The molecule has 4 heterocycles. The molecule has 49 heavy (non-hydrogen) atoms. The van der Waals surface area contributed by atoms with Crippen LogP contribution in [-0.2, 0) is 24.3 Å². The molecule has 3 aliphatic rings. The number of pyridine rings is 1. The number of carbonyl (C=O) groups is 2. The largest absolute Gasteiger partial charge is 0.508 e. The first-order valence-corrected chi connectivity index (χ1v) is 19.3. The lowest BCUT2D eigenvalue weighted by Gasteiger charge is -2.41. The van der Waals surface area contributed by atoms with Gasteiger partial charge in [0.2, 0.25) is 21.8 Å². The summed E-state index contributed by atoms with van der Waals surface area (Å²) < 4.78 is 44.5. The van der Waals surface area contributed by atoms with E-state index in [4.69, 9.17) is 14.2 Å². The first-order valence-electron chi connectivity index (χ1n) is 17.0. The molecule has 2 aromatic heterocycles. The van der Waals surface area contributed by atoms with Gasteiger partial charge >= 0.3 is 6.16 Å². The number of anilines is 1. The molecule has 1 amide bonds. The van der Waals surface area contributed by atoms with Crippen LogP contribution in [0.1, 0.15) is 76.2 Å². The van der Waals surface area contributed by atoms with Crippen LogP contribution in [0.4, 0.5) is 9.93 Å². The molecule has 0 bridgehead atoms. The number of nitrogens with one attached hydrogen (secondary N) is 1. The fraction of sp³-hybridized carbons (Fsp3) is 0.588. The topological polar surface area (TPSA) is 140 Å². The van der Waals surface area contributed by atoms with Crippen LogP contribution in [0, 0.1) is 5.92 Å². The summed E-state index contributed by atoms with van der Waals surface area (Å²) in [5, 5.41) is 3.49. The van der Waals surface area contributed by atoms with Crippen LogP contribution in [0.25, 0.3) is 10.3 Å². The molecule has 3 aromatic rings. The molecular weight excluding hydrogens is 690 g/mol. The molecule has 0 radical (unpaired) electrons. The van der Waals surface area contributed by atoms with Crippen LogP contribution in [0.5, 0.6) is 5.88 Å². The van der Waals surface area contributed by atoms with Crippen LogP contribution < -0.4 is 10.1 Å². The molecule has 12 nitrogen and oxygen atoms in total. The van der Waals surface area contributed by atoms with Gasteiger partial charge in [-0.05, 0) is 68.7 Å². The number of carbonyl (C=O) groups excluding carboxylic acids is 2. The van der Waals surface area contributed by atoms with Gasteiger partial charge in [0.15, 0.2) is 5.13 Å². The summed E-state index contributed by atoms with van der Waals surface area (Å²) in [7, 11) is -2.12. The van der Waals surface area contributed by atoms with E-state index in [0.29, 0.717) is 59.4 Å². The van der Waals surface area contributed by atoms with E-state index in [1.54, 1.807) is 48.7 Å². The van der Waals surface area contributed by atoms with Crippen molar-refractivity contribution >= 4 is 61.3 Å². The van der Waals surface area contributed by atoms with Gasteiger partial charge in [-0.25, -0.2) is 23.2 Å². The SMILES string of the molecule is CCOC(=O)OC1CCN(C2CCN(S(=O)(=O)c3ccc(C(CC4CCCC4)C(=O)Nc4nc5ccc(OC)nc5s4)cc3)CC2)CC1.Cl. The number of sulfonamides is 1. The number of rotatable bonds is 11. The number of nitrogens with zero attached hydrogens (tertiary/aromatic N) is 4. The Kier molecular flexibility index (Phi) is 12.7. The Labute approximate surface area is 298 Å². The quantitative estimate of drug-likeness (QED) is 0.226. The minimum absolute atomic E-state index is 0. The van der Waals surface area contributed by atoms with Gasteiger partial charge in [0.05, 0.1) is 24.5 Å². The lowest BCUT2D eigenvalue weighted by Crippen LogP contribution is -2.49. The van der Waals surface area contributed by atoms with Crippen LogP contribution >= 0.6 is 23.7 Å². The van der Waals surface area contributed by atoms with Crippen LogP contribution in [0.2, 0.25) is 0 Å². The molecular formula is C34H46ClN5O7S2. The van der Waals surface area contributed by atoms with E-state index in [-0.39, 0.29) is 29.3 Å². The van der Waals surface area contributed by atoms with E-state index in [2.05, 4.69) is 20.2 Å². The molecule has 3 fully saturated rings. The van der Waals surface area contributed by atoms with Crippen molar-refractivity contribution in [1.29, 1.82) is 0 Å². The fourth-order valence-corrected chi connectivity index (χ4v) is 9.55. The molecule has 0 spiro atoms. The molecule has 2 saturated heterocycles. The molecule has 1 saturated carbocycles. The van der Waals surface area contributed by atoms with E-state index in [9.17, 15) is 18.0 Å². The zero-order chi connectivity index (χ0) is 33.7. The summed E-state index contributed by atoms with van der Waals surface area (Å²) in [4.78, 5) is 37.7. The molecule has 268 valence electrons. The monoisotopic (exact) mass is 735 g/mol. The summed E-state index contributed by atoms with van der Waals surface area (Å²) in [6.45, 7) is 4.56. The van der Waals surface area contributed by atoms with Gasteiger partial charge in [-0.2, -0.15) is 4.31 Å². The second-order valence-electron chi connectivity index (χ2n) is 12.9. The maximum atomic E-state index is 13.7. The smallest absolute Gasteiger partial charge is 0.481 e. The van der Waals surface area contributed by atoms with E-state index in [1.165, 1.54) is 24.2 Å². The number of methoxy groups -OCH3 is 1. The van der Waals surface area contributed by atoms with Crippen molar-refractivity contribution in [3.8, 4) is 5.88 Å². The summed E-state index contributed by atoms with van der Waals surface area (Å²) in [6, 6.07) is 10.7. The maximum absolute atomic E-state index is 13.7. The minimum atomic E-state index is -3.68. The molecule has 1 unspecified atom stereocenters. The van der Waals surface area contributed by atoms with Gasteiger partial charge in [0, 0.05) is 38.3 Å². The van der Waals surface area contributed by atoms with Crippen molar-refractivity contribution in [2.45, 2.75) is 87.7 Å². The van der Waals surface area contributed by atoms with Gasteiger partial charge in [0.25, 0.3) is 0 Å². The number of hydrogen-bond acceptors (Lipinski definition) is 11. The van der Waals surface area contributed by atoms with Gasteiger partial charge in [-0.3, -0.25) is 4.79 Å². The number of ether oxygens (including phenoxy) is 3. The molecule has 1 aromatic carbocycles. The number of thiazole rings is 1. The Morgan fingerprint density at radius 1 is 0.959 bits per heavy atom. The van der Waals surface area contributed by atoms with Crippen molar-refractivity contribution < 1.29 is 32.2 Å². The highest BCUT2D eigenvalue weighted by Gasteiger charge is 2.34. The number of hydrogen-bond donors (Lipinski definition) is 1. The van der Waals surface area contributed by atoms with Crippen LogP contribution in [0.15, 0.2) is 41.3 Å². The second kappa shape index (κ2) is 16.8. The highest BCUT2D eigenvalue weighted by atomic mass is 35.5. The number of halogens is 1. The first-order chi connectivity index (χ1) is 23.2. The Morgan fingerprint density at radius 2 is 1.65 bits per heavy atom. The number of amides is 1. The molecule has 1 N–H and O–H groups in total. The fourth-order valence-electron chi connectivity index (χ4n) is 7.25. The summed E-state index contributed by atoms with van der Waals surface area (Å²) in [5.74, 6) is 0.355. The first kappa shape index (κ1) is 37.2. The zero-order valence-electron chi connectivity index (χ0n) is 28.0. The van der Waals surface area contributed by atoms with Crippen LogP contribution in [-0.4, -0.2) is 91.7 Å². The Bertz CT molecular complexity index is 1670. The lowest BCUT2D eigenvalue weighted by atomic mass is 9.87. The van der Waals surface area contributed by atoms with Crippen molar-refractivity contribution in [2.75, 3.05) is 45.2 Å². The van der Waals surface area contributed by atoms with Gasteiger partial charge in [-0.15, -0.1) is 12.4 Å². The van der Waals surface area contributed by atoms with Gasteiger partial charge in [-0.1, -0.05) is 49.2 Å². The molecule has 1 atom stereocenters. The normalized spacial score (nSPS) is 19.3. The summed E-state index contributed by atoms with van der Waals surface area (Å²) in [5.41, 5.74) is 1.49. The maximum Gasteiger partial charge on any atom is 0.508 e. The van der Waals surface area contributed by atoms with Crippen LogP contribution in [0.3, 0.4) is 0 Å². The Morgan fingerprint density at radius 3 is 2.31 bits per heavy atom. The van der Waals surface area contributed by atoms with Crippen molar-refractivity contribution in [1.82, 2.24) is 19.2 Å². The molecule has 15 heteroatoms. The van der Waals surface area contributed by atoms with Gasteiger partial charge in [0.1, 0.15) is 16.5 Å². The van der Waals surface area contributed by atoms with Crippen molar-refractivity contribution in [3.05, 3.63) is 42.0 Å². The van der Waals surface area contributed by atoms with E-state index < -0.39 is 22.1 Å². The van der Waals surface area contributed by atoms with E-state index in [0.717, 1.165) is 57.2 Å². The standard InChI is InChI=1S/C34H45N5O7S2.ClH/c1-3-45-34(41)46-26-16-18-38(19-17-26)25-14-20-39(21-15-25)48(42,43)27-10-8-24(9-11-27)28(22-23-6-4-5-7-23)31(40)37-33-35-29-12-13-30(44-2)36-32(29)47-33;/h8-13,23,25-26,28H,3-7,14-22H2,1-2H3,(H,35,37,40);1H. The zero-order valence-corrected chi connectivity index (χ0v) is 30.5. The predicted molar refractivity (Wildman–Crippen MR) is 190 cm³/mol. The third-order valence-corrected chi connectivity index (χ3v) is 12.7. The Hall–Kier alpha value is -3.04. The number of aromatic nitrogens is 2. The average Bonchev–Trinajstić information content (AvgIpc) is 3.77. The number of piperidine rings is 2. The lowest BCUT2D eigenvalue weighted by molar-refractivity contribution is -0.118. The minimum Gasteiger partial charge on any atom is -0.481 e. The highest BCUT2D eigenvalue weighted by molar-refractivity contribution is 7.89. The van der Waals surface area contributed by atoms with Crippen molar-refractivity contribution in [2.24, 2.45) is 5.92 Å². The molecule has 2 aliphatic heterocycles. The summed E-state index contributed by atoms with van der Waals surface area (Å²) >= 11 is 1.30. The van der Waals surface area contributed by atoms with E-state index in [1.807, 2.05) is 6.07 Å². The predicted octanol–water partition coefficient (Wildman–Crippen LogP) is 6.21. The third kappa shape index (κ3) is 9.01. The third-order valence-electron chi connectivity index (χ3n) is 9.89. The average molecular weight is 736 g/mol. The van der Waals surface area contributed by atoms with Gasteiger partial charge < -0.3 is 24.4 Å². The second-order valence-corrected chi connectivity index (χ2v) is 15.8. The Balaban J connectivity index is 0.00000468. The molecule has 6 rings (SSSR count).